The minimum Gasteiger partial charge on any atom is -0.493 e. The molecule has 0 unspecified atom stereocenters. The quantitative estimate of drug-likeness (QED) is 0.710. The maximum Gasteiger partial charge on any atom is 0.254 e. The van der Waals surface area contributed by atoms with Crippen molar-refractivity contribution in [3.63, 3.8) is 0 Å². The third-order valence-electron chi connectivity index (χ3n) is 5.04. The zero-order chi connectivity index (χ0) is 18.8. The molecule has 2 aromatic heterocycles. The summed E-state index contributed by atoms with van der Waals surface area (Å²) in [6.45, 7) is 1.36. The maximum absolute atomic E-state index is 13.0. The summed E-state index contributed by atoms with van der Waals surface area (Å²) in [5.41, 5.74) is 1.43. The van der Waals surface area contributed by atoms with Gasteiger partial charge in [0.1, 0.15) is 5.82 Å². The first kappa shape index (κ1) is 17.3. The fraction of sp³-hybridized carbons (Fsp3) is 0.350. The standard InChI is InChI=1S/C20H22N4O3/c1-26-16-9-8-14(12-17(16)27-2)20(25)23-10-5-6-15(13-23)19-22-21-18-7-3-4-11-24(18)19/h3-4,7-9,11-12,15H,5-6,10,13H2,1-2H3/t15-/m1/s1. The number of methoxy groups -OCH3 is 2. The van der Waals surface area contributed by atoms with Crippen LogP contribution in [-0.4, -0.2) is 52.7 Å². The van der Waals surface area contributed by atoms with Crippen molar-refractivity contribution in [3.05, 3.63) is 54.0 Å². The van der Waals surface area contributed by atoms with E-state index in [4.69, 9.17) is 9.47 Å². The van der Waals surface area contributed by atoms with Crippen molar-refractivity contribution in [2.24, 2.45) is 0 Å². The summed E-state index contributed by atoms with van der Waals surface area (Å²) in [7, 11) is 3.15. The molecule has 1 atom stereocenters. The Kier molecular flexibility index (Phi) is 4.66. The summed E-state index contributed by atoms with van der Waals surface area (Å²) in [5.74, 6) is 2.24. The number of nitrogens with zero attached hydrogens (tertiary/aromatic N) is 4. The van der Waals surface area contributed by atoms with Crippen LogP contribution in [0.1, 0.15) is 34.9 Å². The minimum atomic E-state index is -0.00512. The zero-order valence-electron chi connectivity index (χ0n) is 15.5. The third kappa shape index (κ3) is 3.20. The second kappa shape index (κ2) is 7.26. The molecule has 3 aromatic rings. The molecule has 27 heavy (non-hydrogen) atoms. The fourth-order valence-electron chi connectivity index (χ4n) is 3.66. The maximum atomic E-state index is 13.0. The van der Waals surface area contributed by atoms with Gasteiger partial charge in [-0.3, -0.25) is 9.20 Å². The Morgan fingerprint density at radius 1 is 1.11 bits per heavy atom. The van der Waals surface area contributed by atoms with Crippen LogP contribution in [0, 0.1) is 0 Å². The Labute approximate surface area is 157 Å². The van der Waals surface area contributed by atoms with Crippen molar-refractivity contribution >= 4 is 11.6 Å². The average Bonchev–Trinajstić information content (AvgIpc) is 3.17. The number of rotatable bonds is 4. The summed E-state index contributed by atoms with van der Waals surface area (Å²) in [4.78, 5) is 14.9. The second-order valence-electron chi connectivity index (χ2n) is 6.65. The van der Waals surface area contributed by atoms with Crippen LogP contribution in [0.2, 0.25) is 0 Å². The smallest absolute Gasteiger partial charge is 0.254 e. The topological polar surface area (TPSA) is 69.0 Å². The lowest BCUT2D eigenvalue weighted by Crippen LogP contribution is -2.39. The Morgan fingerprint density at radius 3 is 2.78 bits per heavy atom. The van der Waals surface area contributed by atoms with Crippen LogP contribution in [0.5, 0.6) is 11.5 Å². The van der Waals surface area contributed by atoms with Crippen LogP contribution in [0.3, 0.4) is 0 Å². The van der Waals surface area contributed by atoms with Gasteiger partial charge in [0, 0.05) is 30.8 Å². The third-order valence-corrected chi connectivity index (χ3v) is 5.04. The van der Waals surface area contributed by atoms with E-state index in [1.807, 2.05) is 33.7 Å². The van der Waals surface area contributed by atoms with E-state index in [2.05, 4.69) is 10.2 Å². The van der Waals surface area contributed by atoms with Crippen LogP contribution >= 0.6 is 0 Å². The second-order valence-corrected chi connectivity index (χ2v) is 6.65. The van der Waals surface area contributed by atoms with E-state index in [1.165, 1.54) is 0 Å². The number of benzene rings is 1. The highest BCUT2D eigenvalue weighted by molar-refractivity contribution is 5.95. The van der Waals surface area contributed by atoms with E-state index in [0.29, 0.717) is 23.6 Å². The first-order chi connectivity index (χ1) is 13.2. The summed E-state index contributed by atoms with van der Waals surface area (Å²) < 4.78 is 12.6. The molecule has 0 bridgehead atoms. The van der Waals surface area contributed by atoms with Crippen LogP contribution in [0.4, 0.5) is 0 Å². The normalized spacial score (nSPS) is 17.1. The number of hydrogen-bond donors (Lipinski definition) is 0. The Morgan fingerprint density at radius 2 is 1.96 bits per heavy atom. The van der Waals surface area contributed by atoms with Gasteiger partial charge in [0.25, 0.3) is 5.91 Å². The van der Waals surface area contributed by atoms with Gasteiger partial charge in [-0.1, -0.05) is 6.07 Å². The number of hydrogen-bond acceptors (Lipinski definition) is 5. The molecule has 0 spiro atoms. The van der Waals surface area contributed by atoms with Gasteiger partial charge >= 0.3 is 0 Å². The van der Waals surface area contributed by atoms with Crippen molar-refractivity contribution in [1.29, 1.82) is 0 Å². The molecule has 1 aliphatic heterocycles. The van der Waals surface area contributed by atoms with Crippen molar-refractivity contribution in [2.45, 2.75) is 18.8 Å². The molecule has 140 valence electrons. The number of amides is 1. The first-order valence-electron chi connectivity index (χ1n) is 9.02. The molecular formula is C20H22N4O3. The average molecular weight is 366 g/mol. The predicted octanol–water partition coefficient (Wildman–Crippen LogP) is 2.77. The molecule has 3 heterocycles. The number of carbonyl (C=O) groups is 1. The van der Waals surface area contributed by atoms with E-state index in [0.717, 1.165) is 30.9 Å². The monoisotopic (exact) mass is 366 g/mol. The first-order valence-corrected chi connectivity index (χ1v) is 9.02. The van der Waals surface area contributed by atoms with Crippen LogP contribution in [0.25, 0.3) is 5.65 Å². The molecule has 0 aliphatic carbocycles. The van der Waals surface area contributed by atoms with Gasteiger partial charge in [0.05, 0.1) is 14.2 Å². The van der Waals surface area contributed by atoms with Crippen LogP contribution in [0.15, 0.2) is 42.6 Å². The van der Waals surface area contributed by atoms with Crippen LogP contribution in [-0.2, 0) is 0 Å². The van der Waals surface area contributed by atoms with E-state index in [9.17, 15) is 4.79 Å². The van der Waals surface area contributed by atoms with Gasteiger partial charge < -0.3 is 14.4 Å². The molecule has 1 aliphatic rings. The van der Waals surface area contributed by atoms with E-state index < -0.39 is 0 Å². The molecule has 0 saturated carbocycles. The predicted molar refractivity (Wildman–Crippen MR) is 100 cm³/mol. The van der Waals surface area contributed by atoms with Gasteiger partial charge in [0.2, 0.25) is 0 Å². The van der Waals surface area contributed by atoms with Gasteiger partial charge in [-0.25, -0.2) is 0 Å². The summed E-state index contributed by atoms with van der Waals surface area (Å²) in [6.07, 6.45) is 3.90. The van der Waals surface area contributed by atoms with Gasteiger partial charge in [0.15, 0.2) is 17.1 Å². The Hall–Kier alpha value is -3.09. The molecule has 1 amide bonds. The number of likely N-dealkylation sites (tertiary alicyclic amines) is 1. The molecule has 1 saturated heterocycles. The van der Waals surface area contributed by atoms with Gasteiger partial charge in [-0.05, 0) is 43.2 Å². The molecule has 7 heteroatoms. The number of ether oxygens (including phenoxy) is 2. The van der Waals surface area contributed by atoms with Gasteiger partial charge in [-0.15, -0.1) is 10.2 Å². The Bertz CT molecular complexity index is 969. The summed E-state index contributed by atoms with van der Waals surface area (Å²) in [6, 6.07) is 11.1. The highest BCUT2D eigenvalue weighted by Gasteiger charge is 2.28. The van der Waals surface area contributed by atoms with E-state index >= 15 is 0 Å². The minimum absolute atomic E-state index is 0.00512. The molecule has 0 N–H and O–H groups in total. The van der Waals surface area contributed by atoms with Crippen molar-refractivity contribution in [2.75, 3.05) is 27.3 Å². The molecule has 7 nitrogen and oxygen atoms in total. The van der Waals surface area contributed by atoms with Crippen molar-refractivity contribution < 1.29 is 14.3 Å². The fourth-order valence-corrected chi connectivity index (χ4v) is 3.66. The summed E-state index contributed by atoms with van der Waals surface area (Å²) >= 11 is 0. The van der Waals surface area contributed by atoms with E-state index in [-0.39, 0.29) is 11.8 Å². The van der Waals surface area contributed by atoms with Gasteiger partial charge in [-0.2, -0.15) is 0 Å². The Balaban J connectivity index is 1.57. The lowest BCUT2D eigenvalue weighted by atomic mass is 9.96. The van der Waals surface area contributed by atoms with Crippen molar-refractivity contribution in [3.8, 4) is 11.5 Å². The molecular weight excluding hydrogens is 344 g/mol. The zero-order valence-corrected chi connectivity index (χ0v) is 15.5. The molecule has 0 radical (unpaired) electrons. The summed E-state index contributed by atoms with van der Waals surface area (Å²) in [5, 5.41) is 8.62. The highest BCUT2D eigenvalue weighted by Crippen LogP contribution is 2.30. The largest absolute Gasteiger partial charge is 0.493 e. The number of piperidine rings is 1. The number of aromatic nitrogens is 3. The van der Waals surface area contributed by atoms with Crippen LogP contribution < -0.4 is 9.47 Å². The lowest BCUT2D eigenvalue weighted by Gasteiger charge is -2.32. The number of fused-ring (bicyclic) bond motifs is 1. The SMILES string of the molecule is COc1ccc(C(=O)N2CCC[C@@H](c3nnc4ccccn34)C2)cc1OC. The van der Waals surface area contributed by atoms with Crippen molar-refractivity contribution in [1.82, 2.24) is 19.5 Å². The molecule has 4 rings (SSSR count). The number of carbonyl (C=O) groups excluding carboxylic acids is 1. The highest BCUT2D eigenvalue weighted by atomic mass is 16.5. The molecule has 1 fully saturated rings. The lowest BCUT2D eigenvalue weighted by molar-refractivity contribution is 0.0703. The van der Waals surface area contributed by atoms with E-state index in [1.54, 1.807) is 32.4 Å². The number of pyridine rings is 1. The molecule has 1 aromatic carbocycles.